The van der Waals surface area contributed by atoms with Crippen molar-refractivity contribution in [3.63, 3.8) is 0 Å². The van der Waals surface area contributed by atoms with Gasteiger partial charge in [0.2, 0.25) is 0 Å². The van der Waals surface area contributed by atoms with E-state index in [0.29, 0.717) is 22.8 Å². The SMILES string of the molecule is CC[C@@H](C)c1nc(N)ccc1C#N.CC[C@H](C)c1nc(N)ccc1C#N. The van der Waals surface area contributed by atoms with Crippen molar-refractivity contribution in [2.24, 2.45) is 0 Å². The van der Waals surface area contributed by atoms with Gasteiger partial charge in [-0.1, -0.05) is 27.7 Å². The Kier molecular flexibility index (Phi) is 8.05. The van der Waals surface area contributed by atoms with E-state index in [0.717, 1.165) is 24.2 Å². The first-order valence-electron chi connectivity index (χ1n) is 8.70. The van der Waals surface area contributed by atoms with Gasteiger partial charge in [-0.05, 0) is 48.9 Å². The van der Waals surface area contributed by atoms with Gasteiger partial charge < -0.3 is 11.5 Å². The van der Waals surface area contributed by atoms with Crippen LogP contribution in [0.15, 0.2) is 24.3 Å². The third-order valence-electron chi connectivity index (χ3n) is 4.29. The summed E-state index contributed by atoms with van der Waals surface area (Å²) < 4.78 is 0. The van der Waals surface area contributed by atoms with Gasteiger partial charge in [-0.15, -0.1) is 0 Å². The molecule has 0 aliphatic rings. The van der Waals surface area contributed by atoms with E-state index in [-0.39, 0.29) is 11.8 Å². The van der Waals surface area contributed by atoms with E-state index in [1.807, 2.05) is 13.8 Å². The summed E-state index contributed by atoms with van der Waals surface area (Å²) in [5.41, 5.74) is 14.0. The minimum absolute atomic E-state index is 0.290. The van der Waals surface area contributed by atoms with Crippen molar-refractivity contribution in [2.75, 3.05) is 11.5 Å². The van der Waals surface area contributed by atoms with Crippen LogP contribution in [0.4, 0.5) is 11.6 Å². The third-order valence-corrected chi connectivity index (χ3v) is 4.29. The number of pyridine rings is 2. The van der Waals surface area contributed by atoms with Gasteiger partial charge in [0.15, 0.2) is 0 Å². The van der Waals surface area contributed by atoms with Crippen LogP contribution in [0, 0.1) is 22.7 Å². The lowest BCUT2D eigenvalue weighted by molar-refractivity contribution is 0.707. The maximum Gasteiger partial charge on any atom is 0.123 e. The Morgan fingerprint density at radius 3 is 1.42 bits per heavy atom. The van der Waals surface area contributed by atoms with Crippen molar-refractivity contribution in [1.29, 1.82) is 10.5 Å². The third kappa shape index (κ3) is 5.46. The fraction of sp³-hybridized carbons (Fsp3) is 0.400. The Morgan fingerprint density at radius 2 is 1.15 bits per heavy atom. The summed E-state index contributed by atoms with van der Waals surface area (Å²) in [6.07, 6.45) is 1.93. The Bertz CT molecular complexity index is 747. The van der Waals surface area contributed by atoms with Crippen LogP contribution in [0.3, 0.4) is 0 Å². The largest absolute Gasteiger partial charge is 0.384 e. The van der Waals surface area contributed by atoms with Crippen molar-refractivity contribution >= 4 is 11.6 Å². The van der Waals surface area contributed by atoms with E-state index in [4.69, 9.17) is 22.0 Å². The normalized spacial score (nSPS) is 12.1. The van der Waals surface area contributed by atoms with Crippen LogP contribution >= 0.6 is 0 Å². The number of nitrogen functional groups attached to an aromatic ring is 2. The van der Waals surface area contributed by atoms with Crippen LogP contribution < -0.4 is 11.5 Å². The van der Waals surface area contributed by atoms with Crippen molar-refractivity contribution in [3.8, 4) is 12.1 Å². The lowest BCUT2D eigenvalue weighted by Gasteiger charge is -2.09. The van der Waals surface area contributed by atoms with E-state index >= 15 is 0 Å². The van der Waals surface area contributed by atoms with Gasteiger partial charge in [0, 0.05) is 0 Å². The quantitative estimate of drug-likeness (QED) is 0.855. The molecule has 0 spiro atoms. The number of nitrogens with two attached hydrogens (primary N) is 2. The number of nitriles is 2. The standard InChI is InChI=1S/2C10H13N3/c2*1-3-7(2)10-8(6-11)4-5-9(12)13-10/h2*4-5,7H,3H2,1-2H3,(H2,12,13)/t2*7-/m10/s1. The molecule has 26 heavy (non-hydrogen) atoms. The first kappa shape index (κ1) is 20.9. The monoisotopic (exact) mass is 350 g/mol. The highest BCUT2D eigenvalue weighted by Gasteiger charge is 2.11. The molecule has 0 amide bonds. The molecule has 0 radical (unpaired) electrons. The van der Waals surface area contributed by atoms with Gasteiger partial charge in [0.05, 0.1) is 22.5 Å². The maximum atomic E-state index is 8.82. The molecule has 2 aromatic heterocycles. The molecule has 0 aliphatic carbocycles. The molecule has 4 N–H and O–H groups in total. The molecule has 0 fully saturated rings. The first-order valence-corrected chi connectivity index (χ1v) is 8.70. The first-order chi connectivity index (χ1) is 12.4. The average Bonchev–Trinajstić information content (AvgIpc) is 2.67. The number of hydrogen-bond acceptors (Lipinski definition) is 6. The lowest BCUT2D eigenvalue weighted by Crippen LogP contribution is -2.02. The molecule has 6 heteroatoms. The molecule has 0 saturated carbocycles. The van der Waals surface area contributed by atoms with E-state index in [2.05, 4.69) is 36.0 Å². The van der Waals surface area contributed by atoms with Crippen LogP contribution in [-0.4, -0.2) is 9.97 Å². The summed E-state index contributed by atoms with van der Waals surface area (Å²) in [5, 5.41) is 17.6. The zero-order chi connectivity index (χ0) is 19.7. The van der Waals surface area contributed by atoms with Crippen molar-refractivity contribution < 1.29 is 0 Å². The summed E-state index contributed by atoms with van der Waals surface area (Å²) >= 11 is 0. The topological polar surface area (TPSA) is 125 Å². The second-order valence-electron chi connectivity index (χ2n) is 6.18. The zero-order valence-corrected chi connectivity index (χ0v) is 15.8. The minimum atomic E-state index is 0.290. The predicted octanol–water partition coefficient (Wildman–Crippen LogP) is 4.10. The van der Waals surface area contributed by atoms with Crippen LogP contribution in [0.1, 0.15) is 74.9 Å². The number of hydrogen-bond donors (Lipinski definition) is 2. The van der Waals surface area contributed by atoms with Gasteiger partial charge in [0.1, 0.15) is 23.8 Å². The Hall–Kier alpha value is -3.12. The highest BCUT2D eigenvalue weighted by molar-refractivity contribution is 5.42. The predicted molar refractivity (Wildman–Crippen MR) is 104 cm³/mol. The van der Waals surface area contributed by atoms with Crippen LogP contribution in [0.25, 0.3) is 0 Å². The fourth-order valence-corrected chi connectivity index (χ4v) is 2.31. The Balaban J connectivity index is 0.000000260. The summed E-state index contributed by atoms with van der Waals surface area (Å²) in [5.74, 6) is 1.54. The molecule has 2 heterocycles. The van der Waals surface area contributed by atoms with Crippen molar-refractivity contribution in [3.05, 3.63) is 46.8 Å². The molecule has 136 valence electrons. The second kappa shape index (κ2) is 10.0. The molecular weight excluding hydrogens is 324 g/mol. The average molecular weight is 350 g/mol. The summed E-state index contributed by atoms with van der Waals surface area (Å²) in [6, 6.07) is 11.0. The number of nitrogens with zero attached hydrogens (tertiary/aromatic N) is 4. The molecule has 0 aromatic carbocycles. The molecule has 2 atom stereocenters. The minimum Gasteiger partial charge on any atom is -0.384 e. The molecule has 0 bridgehead atoms. The Morgan fingerprint density at radius 1 is 0.808 bits per heavy atom. The van der Waals surface area contributed by atoms with Crippen molar-refractivity contribution in [1.82, 2.24) is 9.97 Å². The van der Waals surface area contributed by atoms with Gasteiger partial charge in [-0.3, -0.25) is 0 Å². The van der Waals surface area contributed by atoms with Crippen molar-refractivity contribution in [2.45, 2.75) is 52.4 Å². The molecular formula is C20H26N6. The van der Waals surface area contributed by atoms with E-state index in [1.54, 1.807) is 24.3 Å². The highest BCUT2D eigenvalue weighted by atomic mass is 14.8. The van der Waals surface area contributed by atoms with Gasteiger partial charge >= 0.3 is 0 Å². The Labute approximate surface area is 155 Å². The second-order valence-corrected chi connectivity index (χ2v) is 6.18. The van der Waals surface area contributed by atoms with Crippen LogP contribution in [-0.2, 0) is 0 Å². The zero-order valence-electron chi connectivity index (χ0n) is 15.8. The molecule has 6 nitrogen and oxygen atoms in total. The van der Waals surface area contributed by atoms with E-state index in [9.17, 15) is 0 Å². The number of anilines is 2. The van der Waals surface area contributed by atoms with Crippen LogP contribution in [0.5, 0.6) is 0 Å². The smallest absolute Gasteiger partial charge is 0.123 e. The molecule has 0 saturated heterocycles. The number of rotatable bonds is 4. The molecule has 0 aliphatic heterocycles. The van der Waals surface area contributed by atoms with Gasteiger partial charge in [-0.2, -0.15) is 10.5 Å². The van der Waals surface area contributed by atoms with Gasteiger partial charge in [-0.25, -0.2) is 9.97 Å². The summed E-state index contributed by atoms with van der Waals surface area (Å²) in [6.45, 7) is 8.22. The molecule has 2 rings (SSSR count). The maximum absolute atomic E-state index is 8.82. The lowest BCUT2D eigenvalue weighted by atomic mass is 10.00. The van der Waals surface area contributed by atoms with Crippen LogP contribution in [0.2, 0.25) is 0 Å². The molecule has 2 aromatic rings. The summed E-state index contributed by atoms with van der Waals surface area (Å²) in [7, 11) is 0. The van der Waals surface area contributed by atoms with Gasteiger partial charge in [0.25, 0.3) is 0 Å². The summed E-state index contributed by atoms with van der Waals surface area (Å²) in [4.78, 5) is 8.34. The highest BCUT2D eigenvalue weighted by Crippen LogP contribution is 2.21. The molecule has 0 unspecified atom stereocenters. The van der Waals surface area contributed by atoms with E-state index in [1.165, 1.54) is 0 Å². The number of aromatic nitrogens is 2. The fourth-order valence-electron chi connectivity index (χ4n) is 2.31. The van der Waals surface area contributed by atoms with E-state index < -0.39 is 0 Å².